The minimum absolute atomic E-state index is 0.154. The molecule has 2 heterocycles. The zero-order valence-corrected chi connectivity index (χ0v) is 13.3. The van der Waals surface area contributed by atoms with E-state index in [0.717, 1.165) is 10.4 Å². The normalized spacial score (nSPS) is 12.0. The quantitative estimate of drug-likeness (QED) is 0.751. The van der Waals surface area contributed by atoms with Gasteiger partial charge in [0, 0.05) is 11.4 Å². The first-order chi connectivity index (χ1) is 11.2. The Balaban J connectivity index is 1.79. The fourth-order valence-electron chi connectivity index (χ4n) is 2.37. The minimum Gasteiger partial charge on any atom is -0.472 e. The number of amides is 1. The van der Waals surface area contributed by atoms with E-state index in [0.29, 0.717) is 12.1 Å². The van der Waals surface area contributed by atoms with Crippen molar-refractivity contribution >= 4 is 17.2 Å². The van der Waals surface area contributed by atoms with Crippen LogP contribution in [0.25, 0.3) is 0 Å². The van der Waals surface area contributed by atoms with Gasteiger partial charge in [-0.3, -0.25) is 4.79 Å². The molecule has 0 aliphatic rings. The van der Waals surface area contributed by atoms with Crippen LogP contribution in [-0.4, -0.2) is 22.5 Å². The number of hydrogen-bond donors (Lipinski definition) is 1. The van der Waals surface area contributed by atoms with Gasteiger partial charge in [0.1, 0.15) is 12.4 Å². The van der Waals surface area contributed by atoms with E-state index in [1.165, 1.54) is 23.9 Å². The summed E-state index contributed by atoms with van der Waals surface area (Å²) in [7, 11) is 0. The molecule has 0 bridgehead atoms. The molecule has 1 aromatic carbocycles. The lowest BCUT2D eigenvalue weighted by Crippen LogP contribution is -2.34. The van der Waals surface area contributed by atoms with Crippen molar-refractivity contribution in [2.75, 3.05) is 6.54 Å². The van der Waals surface area contributed by atoms with Crippen LogP contribution >= 0.6 is 11.3 Å². The van der Waals surface area contributed by atoms with E-state index < -0.39 is 6.10 Å². The molecule has 0 aliphatic carbocycles. The largest absolute Gasteiger partial charge is 0.472 e. The molecule has 23 heavy (non-hydrogen) atoms. The first-order valence-electron chi connectivity index (χ1n) is 7.31. The van der Waals surface area contributed by atoms with Crippen molar-refractivity contribution in [3.8, 4) is 0 Å². The molecule has 4 nitrogen and oxygen atoms in total. The van der Waals surface area contributed by atoms with E-state index in [2.05, 4.69) is 0 Å². The van der Waals surface area contributed by atoms with Crippen molar-refractivity contribution in [3.05, 3.63) is 82.4 Å². The second-order valence-corrected chi connectivity index (χ2v) is 6.19. The van der Waals surface area contributed by atoms with E-state index in [-0.39, 0.29) is 12.5 Å². The fraction of sp³-hybridized carbons (Fsp3) is 0.167. The molecule has 0 spiro atoms. The monoisotopic (exact) mass is 327 g/mol. The summed E-state index contributed by atoms with van der Waals surface area (Å²) in [5.41, 5.74) is 1.50. The number of nitrogens with zero attached hydrogens (tertiary/aromatic N) is 1. The van der Waals surface area contributed by atoms with E-state index in [1.807, 2.05) is 47.8 Å². The Morgan fingerprint density at radius 3 is 2.65 bits per heavy atom. The lowest BCUT2D eigenvalue weighted by molar-refractivity contribution is 0.0608. The molecule has 0 aliphatic heterocycles. The van der Waals surface area contributed by atoms with Gasteiger partial charge in [-0.1, -0.05) is 36.4 Å². The van der Waals surface area contributed by atoms with Gasteiger partial charge in [0.05, 0.1) is 18.4 Å². The second kappa shape index (κ2) is 7.26. The number of thiophene rings is 1. The van der Waals surface area contributed by atoms with Crippen LogP contribution < -0.4 is 0 Å². The number of carbonyl (C=O) groups is 1. The van der Waals surface area contributed by atoms with Crippen LogP contribution in [0.5, 0.6) is 0 Å². The van der Waals surface area contributed by atoms with Gasteiger partial charge in [0.15, 0.2) is 0 Å². The van der Waals surface area contributed by atoms with Crippen LogP contribution in [0.15, 0.2) is 70.9 Å². The van der Waals surface area contributed by atoms with E-state index in [9.17, 15) is 9.90 Å². The summed E-state index contributed by atoms with van der Waals surface area (Å²) in [5.74, 6) is -0.154. The van der Waals surface area contributed by atoms with Gasteiger partial charge in [-0.05, 0) is 23.1 Å². The molecular weight excluding hydrogens is 310 g/mol. The van der Waals surface area contributed by atoms with Gasteiger partial charge in [-0.15, -0.1) is 11.3 Å². The summed E-state index contributed by atoms with van der Waals surface area (Å²) in [5, 5.41) is 12.3. The Bertz CT molecular complexity index is 723. The molecule has 1 amide bonds. The molecule has 118 valence electrons. The van der Waals surface area contributed by atoms with Crippen molar-refractivity contribution in [1.29, 1.82) is 0 Å². The Morgan fingerprint density at radius 2 is 2.00 bits per heavy atom. The van der Waals surface area contributed by atoms with Crippen LogP contribution in [0.2, 0.25) is 0 Å². The molecule has 1 N–H and O–H groups in total. The van der Waals surface area contributed by atoms with Gasteiger partial charge >= 0.3 is 0 Å². The summed E-state index contributed by atoms with van der Waals surface area (Å²) < 4.78 is 5.01. The van der Waals surface area contributed by atoms with Crippen molar-refractivity contribution < 1.29 is 14.3 Å². The zero-order chi connectivity index (χ0) is 16.1. The Morgan fingerprint density at radius 1 is 1.17 bits per heavy atom. The summed E-state index contributed by atoms with van der Waals surface area (Å²) in [6.45, 7) is 0.673. The summed E-state index contributed by atoms with van der Waals surface area (Å²) in [6.07, 6.45) is 2.20. The van der Waals surface area contributed by atoms with Crippen LogP contribution in [0.1, 0.15) is 26.9 Å². The van der Waals surface area contributed by atoms with Gasteiger partial charge in [0.25, 0.3) is 5.91 Å². The Hall–Kier alpha value is -2.37. The lowest BCUT2D eigenvalue weighted by Gasteiger charge is -2.24. The van der Waals surface area contributed by atoms with Crippen molar-refractivity contribution in [3.63, 3.8) is 0 Å². The third-order valence-corrected chi connectivity index (χ3v) is 4.51. The highest BCUT2D eigenvalue weighted by atomic mass is 32.1. The maximum Gasteiger partial charge on any atom is 0.257 e. The van der Waals surface area contributed by atoms with E-state index in [4.69, 9.17) is 4.42 Å². The van der Waals surface area contributed by atoms with Crippen LogP contribution in [-0.2, 0) is 6.54 Å². The number of rotatable bonds is 6. The fourth-order valence-corrected chi connectivity index (χ4v) is 3.07. The number of aliphatic hydroxyl groups is 1. The Labute approximate surface area is 138 Å². The Kier molecular flexibility index (Phi) is 4.90. The maximum absolute atomic E-state index is 12.7. The van der Waals surface area contributed by atoms with Gasteiger partial charge in [0.2, 0.25) is 0 Å². The number of aliphatic hydroxyl groups excluding tert-OH is 1. The highest BCUT2D eigenvalue weighted by molar-refractivity contribution is 7.10. The molecular formula is C18H17NO3S. The number of furan rings is 1. The molecule has 5 heteroatoms. The van der Waals surface area contributed by atoms with Crippen molar-refractivity contribution in [2.45, 2.75) is 12.6 Å². The first kappa shape index (κ1) is 15.5. The predicted octanol–water partition coefficient (Wildman–Crippen LogP) is 3.72. The molecule has 0 fully saturated rings. The molecule has 0 saturated carbocycles. The smallest absolute Gasteiger partial charge is 0.257 e. The van der Waals surface area contributed by atoms with Crippen molar-refractivity contribution in [2.24, 2.45) is 0 Å². The SMILES string of the molecule is O=C(c1ccoc1)N(Cc1ccccc1)CC(O)c1cccs1. The lowest BCUT2D eigenvalue weighted by atomic mass is 10.1. The molecule has 3 aromatic rings. The standard InChI is InChI=1S/C18H17NO3S/c20-16(17-7-4-10-23-17)12-19(11-14-5-2-1-3-6-14)18(21)15-8-9-22-13-15/h1-10,13,16,20H,11-12H2. The molecule has 0 radical (unpaired) electrons. The summed E-state index contributed by atoms with van der Waals surface area (Å²) in [6, 6.07) is 15.1. The molecule has 3 rings (SSSR count). The molecule has 2 aromatic heterocycles. The topological polar surface area (TPSA) is 53.7 Å². The highest BCUT2D eigenvalue weighted by Crippen LogP contribution is 2.21. The first-order valence-corrected chi connectivity index (χ1v) is 8.19. The van der Waals surface area contributed by atoms with Crippen LogP contribution in [0, 0.1) is 0 Å². The number of benzene rings is 1. The van der Waals surface area contributed by atoms with E-state index in [1.54, 1.807) is 11.0 Å². The summed E-state index contributed by atoms with van der Waals surface area (Å²) >= 11 is 1.48. The number of carbonyl (C=O) groups excluding carboxylic acids is 1. The number of hydrogen-bond acceptors (Lipinski definition) is 4. The van der Waals surface area contributed by atoms with Crippen LogP contribution in [0.4, 0.5) is 0 Å². The van der Waals surface area contributed by atoms with E-state index >= 15 is 0 Å². The minimum atomic E-state index is -0.699. The average molecular weight is 327 g/mol. The molecule has 0 saturated heterocycles. The van der Waals surface area contributed by atoms with Crippen LogP contribution in [0.3, 0.4) is 0 Å². The molecule has 1 unspecified atom stereocenters. The van der Waals surface area contributed by atoms with Gasteiger partial charge in [-0.2, -0.15) is 0 Å². The maximum atomic E-state index is 12.7. The summed E-state index contributed by atoms with van der Waals surface area (Å²) in [4.78, 5) is 15.2. The van der Waals surface area contributed by atoms with Gasteiger partial charge < -0.3 is 14.4 Å². The molecule has 1 atom stereocenters. The highest BCUT2D eigenvalue weighted by Gasteiger charge is 2.21. The third-order valence-electron chi connectivity index (χ3n) is 3.54. The third kappa shape index (κ3) is 3.88. The van der Waals surface area contributed by atoms with Crippen molar-refractivity contribution in [1.82, 2.24) is 4.90 Å². The predicted molar refractivity (Wildman–Crippen MR) is 89.2 cm³/mol. The second-order valence-electron chi connectivity index (χ2n) is 5.21. The van der Waals surface area contributed by atoms with Gasteiger partial charge in [-0.25, -0.2) is 0 Å². The average Bonchev–Trinajstić information content (AvgIpc) is 3.27. The zero-order valence-electron chi connectivity index (χ0n) is 12.5.